The second kappa shape index (κ2) is 9.33. The average molecular weight is 360 g/mol. The van der Waals surface area contributed by atoms with Crippen LogP contribution in [-0.4, -0.2) is 41.6 Å². The molecule has 2 aromatic rings. The molecule has 0 aliphatic heterocycles. The van der Waals surface area contributed by atoms with Crippen LogP contribution >= 0.6 is 0 Å². The Kier molecular flexibility index (Phi) is 6.86. The summed E-state index contributed by atoms with van der Waals surface area (Å²) in [6.45, 7) is 0.683. The average Bonchev–Trinajstić information content (AvgIpc) is 2.59. The van der Waals surface area contributed by atoms with Gasteiger partial charge in [0.15, 0.2) is 0 Å². The molecule has 2 rings (SSSR count). The Balaban J connectivity index is 1.88. The lowest BCUT2D eigenvalue weighted by Gasteiger charge is -2.08. The minimum absolute atomic E-state index is 0.115. The lowest BCUT2D eigenvalue weighted by Crippen LogP contribution is -2.32. The molecule has 0 radical (unpaired) electrons. The van der Waals surface area contributed by atoms with Crippen molar-refractivity contribution in [3.63, 3.8) is 0 Å². The Bertz CT molecular complexity index is 870. The smallest absolute Gasteiger partial charge is 0.328 e. The zero-order valence-electron chi connectivity index (χ0n) is 14.3. The maximum Gasteiger partial charge on any atom is 0.328 e. The van der Waals surface area contributed by atoms with Gasteiger partial charge < -0.3 is 15.4 Å². The second-order valence-corrected chi connectivity index (χ2v) is 5.50. The monoisotopic (exact) mass is 360 g/mol. The normalized spacial score (nSPS) is 10.3. The predicted molar refractivity (Wildman–Crippen MR) is 95.0 cm³/mol. The molecule has 0 fully saturated rings. The van der Waals surface area contributed by atoms with E-state index >= 15 is 0 Å². The molecule has 0 unspecified atom stereocenters. The lowest BCUT2D eigenvalue weighted by molar-refractivity contribution is -0.120. The highest BCUT2D eigenvalue weighted by atomic mass is 16.5. The SMILES string of the molecule is COCCNC(=O)Cc1ccc(NC(=O)Cn2ccc(=O)[nH]c2=O)cc1. The van der Waals surface area contributed by atoms with E-state index in [-0.39, 0.29) is 18.9 Å². The van der Waals surface area contributed by atoms with Crippen LogP contribution in [0, 0.1) is 0 Å². The maximum absolute atomic E-state index is 12.0. The number of rotatable bonds is 8. The first-order chi connectivity index (χ1) is 12.5. The molecule has 3 N–H and O–H groups in total. The molecule has 26 heavy (non-hydrogen) atoms. The van der Waals surface area contributed by atoms with Crippen LogP contribution in [0.2, 0.25) is 0 Å². The van der Waals surface area contributed by atoms with E-state index in [1.54, 1.807) is 31.4 Å². The number of amides is 2. The fraction of sp³-hybridized carbons (Fsp3) is 0.294. The van der Waals surface area contributed by atoms with Crippen LogP contribution in [0.5, 0.6) is 0 Å². The van der Waals surface area contributed by atoms with E-state index in [4.69, 9.17) is 4.74 Å². The van der Waals surface area contributed by atoms with E-state index in [0.717, 1.165) is 10.1 Å². The third kappa shape index (κ3) is 6.02. The molecular formula is C17H20N4O5. The van der Waals surface area contributed by atoms with Crippen LogP contribution in [-0.2, 0) is 27.3 Å². The molecule has 1 aromatic heterocycles. The van der Waals surface area contributed by atoms with E-state index in [9.17, 15) is 19.2 Å². The predicted octanol–water partition coefficient (Wildman–Crippen LogP) is -0.520. The van der Waals surface area contributed by atoms with E-state index < -0.39 is 17.2 Å². The second-order valence-electron chi connectivity index (χ2n) is 5.50. The molecule has 0 spiro atoms. The quantitative estimate of drug-likeness (QED) is 0.547. The largest absolute Gasteiger partial charge is 0.383 e. The number of ether oxygens (including phenoxy) is 1. The fourth-order valence-corrected chi connectivity index (χ4v) is 2.17. The number of anilines is 1. The molecule has 138 valence electrons. The van der Waals surface area contributed by atoms with Gasteiger partial charge in [-0.05, 0) is 17.7 Å². The van der Waals surface area contributed by atoms with Crippen molar-refractivity contribution in [2.75, 3.05) is 25.6 Å². The molecule has 0 aliphatic rings. The zero-order valence-corrected chi connectivity index (χ0v) is 14.3. The number of nitrogens with one attached hydrogen (secondary N) is 3. The third-order valence-corrected chi connectivity index (χ3v) is 3.44. The van der Waals surface area contributed by atoms with Crippen LogP contribution in [0.4, 0.5) is 5.69 Å². The summed E-state index contributed by atoms with van der Waals surface area (Å²) in [5.41, 5.74) is 0.168. The number of aromatic nitrogens is 2. The molecule has 0 saturated carbocycles. The highest BCUT2D eigenvalue weighted by Crippen LogP contribution is 2.10. The fourth-order valence-electron chi connectivity index (χ4n) is 2.17. The van der Waals surface area contributed by atoms with Crippen molar-refractivity contribution < 1.29 is 14.3 Å². The summed E-state index contributed by atoms with van der Waals surface area (Å²) in [6, 6.07) is 7.98. The van der Waals surface area contributed by atoms with Gasteiger partial charge in [0.05, 0.1) is 13.0 Å². The van der Waals surface area contributed by atoms with Crippen LogP contribution in [0.15, 0.2) is 46.1 Å². The number of H-pyrrole nitrogens is 1. The number of aromatic amines is 1. The van der Waals surface area contributed by atoms with Crippen LogP contribution in [0.3, 0.4) is 0 Å². The number of hydrogen-bond donors (Lipinski definition) is 3. The Morgan fingerprint density at radius 2 is 1.85 bits per heavy atom. The Morgan fingerprint density at radius 1 is 1.12 bits per heavy atom. The highest BCUT2D eigenvalue weighted by Gasteiger charge is 2.07. The van der Waals surface area contributed by atoms with Crippen molar-refractivity contribution in [2.24, 2.45) is 0 Å². The van der Waals surface area contributed by atoms with Crippen molar-refractivity contribution in [3.05, 3.63) is 62.9 Å². The molecule has 9 heteroatoms. The van der Waals surface area contributed by atoms with Gasteiger partial charge in [0.1, 0.15) is 6.54 Å². The number of benzene rings is 1. The number of nitrogens with zero attached hydrogens (tertiary/aromatic N) is 1. The molecule has 1 aromatic carbocycles. The van der Waals surface area contributed by atoms with Crippen molar-refractivity contribution in [2.45, 2.75) is 13.0 Å². The molecule has 0 aliphatic carbocycles. The van der Waals surface area contributed by atoms with E-state index in [2.05, 4.69) is 15.6 Å². The molecule has 0 saturated heterocycles. The van der Waals surface area contributed by atoms with Crippen molar-refractivity contribution in [3.8, 4) is 0 Å². The van der Waals surface area contributed by atoms with Crippen LogP contribution < -0.4 is 21.9 Å². The van der Waals surface area contributed by atoms with Crippen LogP contribution in [0.25, 0.3) is 0 Å². The third-order valence-electron chi connectivity index (χ3n) is 3.44. The Labute approximate surface area is 149 Å². The Morgan fingerprint density at radius 3 is 2.50 bits per heavy atom. The summed E-state index contributed by atoms with van der Waals surface area (Å²) < 4.78 is 5.95. The van der Waals surface area contributed by atoms with Gasteiger partial charge in [-0.1, -0.05) is 12.1 Å². The highest BCUT2D eigenvalue weighted by molar-refractivity contribution is 5.90. The summed E-state index contributed by atoms with van der Waals surface area (Å²) >= 11 is 0. The maximum atomic E-state index is 12.0. The number of methoxy groups -OCH3 is 1. The standard InChI is InChI=1S/C17H20N4O5/c1-26-9-7-18-15(23)10-12-2-4-13(5-3-12)19-16(24)11-21-8-6-14(22)20-17(21)25/h2-6,8H,7,9-11H2,1H3,(H,18,23)(H,19,24)(H,20,22,25). The molecule has 0 bridgehead atoms. The van der Waals surface area contributed by atoms with Gasteiger partial charge in [-0.25, -0.2) is 4.79 Å². The molecular weight excluding hydrogens is 340 g/mol. The summed E-state index contributed by atoms with van der Waals surface area (Å²) in [7, 11) is 1.56. The van der Waals surface area contributed by atoms with Gasteiger partial charge >= 0.3 is 5.69 Å². The lowest BCUT2D eigenvalue weighted by atomic mass is 10.1. The summed E-state index contributed by atoms with van der Waals surface area (Å²) in [6.07, 6.45) is 1.48. The summed E-state index contributed by atoms with van der Waals surface area (Å²) in [4.78, 5) is 48.3. The number of carbonyl (C=O) groups is 2. The van der Waals surface area contributed by atoms with Gasteiger partial charge in [-0.2, -0.15) is 0 Å². The zero-order chi connectivity index (χ0) is 18.9. The molecule has 2 amide bonds. The molecule has 0 atom stereocenters. The number of carbonyl (C=O) groups excluding carboxylic acids is 2. The number of hydrogen-bond acceptors (Lipinski definition) is 5. The van der Waals surface area contributed by atoms with Gasteiger partial charge in [0.25, 0.3) is 5.56 Å². The van der Waals surface area contributed by atoms with Gasteiger partial charge in [-0.3, -0.25) is 23.9 Å². The van der Waals surface area contributed by atoms with Crippen molar-refractivity contribution >= 4 is 17.5 Å². The Hall–Kier alpha value is -3.20. The minimum atomic E-state index is -0.650. The van der Waals surface area contributed by atoms with Crippen LogP contribution in [0.1, 0.15) is 5.56 Å². The first-order valence-electron chi connectivity index (χ1n) is 7.92. The summed E-state index contributed by atoms with van der Waals surface area (Å²) in [5, 5.41) is 5.37. The van der Waals surface area contributed by atoms with Gasteiger partial charge in [-0.15, -0.1) is 0 Å². The van der Waals surface area contributed by atoms with Crippen molar-refractivity contribution in [1.82, 2.24) is 14.9 Å². The van der Waals surface area contributed by atoms with E-state index in [0.29, 0.717) is 18.8 Å². The summed E-state index contributed by atoms with van der Waals surface area (Å²) in [5.74, 6) is -0.527. The first kappa shape index (κ1) is 19.1. The topological polar surface area (TPSA) is 122 Å². The van der Waals surface area contributed by atoms with Gasteiger partial charge in [0, 0.05) is 31.6 Å². The van der Waals surface area contributed by atoms with Gasteiger partial charge in [0.2, 0.25) is 11.8 Å². The van der Waals surface area contributed by atoms with E-state index in [1.807, 2.05) is 0 Å². The molecule has 1 heterocycles. The van der Waals surface area contributed by atoms with Crippen molar-refractivity contribution in [1.29, 1.82) is 0 Å². The minimum Gasteiger partial charge on any atom is -0.383 e. The molecule has 9 nitrogen and oxygen atoms in total. The van der Waals surface area contributed by atoms with E-state index in [1.165, 1.54) is 12.3 Å². The first-order valence-corrected chi connectivity index (χ1v) is 7.92.